The summed E-state index contributed by atoms with van der Waals surface area (Å²) in [6, 6.07) is 26.3. The largest absolute Gasteiger partial charge is 0.506 e. The molecular formula is C45H42OS2. The van der Waals surface area contributed by atoms with Crippen molar-refractivity contribution in [2.75, 3.05) is 0 Å². The zero-order chi connectivity index (χ0) is 34.0. The van der Waals surface area contributed by atoms with Gasteiger partial charge in [0.2, 0.25) is 0 Å². The number of rotatable bonds is 4. The third kappa shape index (κ3) is 5.02. The monoisotopic (exact) mass is 662 g/mol. The molecule has 0 aromatic heterocycles. The average molecular weight is 663 g/mol. The molecule has 0 spiro atoms. The van der Waals surface area contributed by atoms with Crippen molar-refractivity contribution in [1.82, 2.24) is 0 Å². The van der Waals surface area contributed by atoms with Crippen LogP contribution in [0.2, 0.25) is 0 Å². The molecule has 0 saturated carbocycles. The fraction of sp³-hybridized carbons (Fsp3) is 0.200. The predicted molar refractivity (Wildman–Crippen MR) is 212 cm³/mol. The summed E-state index contributed by atoms with van der Waals surface area (Å²) in [4.78, 5) is 1.38. The first-order chi connectivity index (χ1) is 23.0. The number of hydrogen-bond acceptors (Lipinski definition) is 3. The maximum Gasteiger partial charge on any atom is 0.138 e. The molecule has 6 aromatic carbocycles. The van der Waals surface area contributed by atoms with Crippen molar-refractivity contribution in [3.05, 3.63) is 122 Å². The van der Waals surface area contributed by atoms with E-state index in [1.54, 1.807) is 0 Å². The van der Waals surface area contributed by atoms with E-state index in [0.717, 1.165) is 40.0 Å². The Morgan fingerprint density at radius 3 is 1.65 bits per heavy atom. The van der Waals surface area contributed by atoms with Gasteiger partial charge in [0, 0.05) is 15.4 Å². The summed E-state index contributed by atoms with van der Waals surface area (Å²) in [5, 5.41) is 16.5. The molecule has 240 valence electrons. The van der Waals surface area contributed by atoms with E-state index in [0.29, 0.717) is 4.90 Å². The molecule has 1 aliphatic carbocycles. The Balaban J connectivity index is 1.67. The van der Waals surface area contributed by atoms with E-state index in [1.807, 2.05) is 6.92 Å². The van der Waals surface area contributed by atoms with Crippen LogP contribution in [0, 0.1) is 48.5 Å². The van der Waals surface area contributed by atoms with Crippen LogP contribution in [0.4, 0.5) is 0 Å². The summed E-state index contributed by atoms with van der Waals surface area (Å²) in [5.41, 5.74) is 17.8. The SMILES string of the molecule is Cc1c(C)c(C)c(-c2c3c(c(-c4cccc(-c5ccccc5)c4)c4ccc(-c5c(O)c(S)c(C)c(C)c5S)cc24)=CCCC=3)c(C)c1C. The Labute approximate surface area is 295 Å². The first-order valence-electron chi connectivity index (χ1n) is 16.8. The molecule has 0 amide bonds. The van der Waals surface area contributed by atoms with E-state index in [9.17, 15) is 5.11 Å². The lowest BCUT2D eigenvalue weighted by Crippen LogP contribution is -2.32. The summed E-state index contributed by atoms with van der Waals surface area (Å²) in [6.07, 6.45) is 6.91. The number of hydrogen-bond donors (Lipinski definition) is 3. The molecule has 48 heavy (non-hydrogen) atoms. The van der Waals surface area contributed by atoms with Crippen LogP contribution in [0.15, 0.2) is 82.6 Å². The fourth-order valence-electron chi connectivity index (χ4n) is 7.73. The maximum absolute atomic E-state index is 11.5. The molecule has 6 aromatic rings. The van der Waals surface area contributed by atoms with Gasteiger partial charge in [-0.25, -0.2) is 0 Å². The number of phenols is 1. The van der Waals surface area contributed by atoms with Gasteiger partial charge in [-0.3, -0.25) is 0 Å². The summed E-state index contributed by atoms with van der Waals surface area (Å²) in [7, 11) is 0. The van der Waals surface area contributed by atoms with Gasteiger partial charge in [-0.15, -0.1) is 25.3 Å². The van der Waals surface area contributed by atoms with Gasteiger partial charge in [0.15, 0.2) is 0 Å². The van der Waals surface area contributed by atoms with Gasteiger partial charge in [0.25, 0.3) is 0 Å². The highest BCUT2D eigenvalue weighted by atomic mass is 32.1. The van der Waals surface area contributed by atoms with Gasteiger partial charge < -0.3 is 5.11 Å². The van der Waals surface area contributed by atoms with Crippen LogP contribution in [0.5, 0.6) is 5.75 Å². The Hall–Kier alpha value is -4.18. The van der Waals surface area contributed by atoms with E-state index >= 15 is 0 Å². The van der Waals surface area contributed by atoms with Gasteiger partial charge >= 0.3 is 0 Å². The number of thiol groups is 2. The van der Waals surface area contributed by atoms with Crippen molar-refractivity contribution in [1.29, 1.82) is 0 Å². The maximum atomic E-state index is 11.5. The third-order valence-electron chi connectivity index (χ3n) is 11.0. The highest BCUT2D eigenvalue weighted by Gasteiger charge is 2.23. The molecule has 7 rings (SSSR count). The lowest BCUT2D eigenvalue weighted by atomic mass is 9.80. The van der Waals surface area contributed by atoms with Crippen molar-refractivity contribution in [3.63, 3.8) is 0 Å². The lowest BCUT2D eigenvalue weighted by molar-refractivity contribution is 0.462. The molecule has 0 heterocycles. The van der Waals surface area contributed by atoms with Crippen LogP contribution < -0.4 is 10.4 Å². The first kappa shape index (κ1) is 32.4. The number of aromatic hydroxyl groups is 1. The van der Waals surface area contributed by atoms with Gasteiger partial charge in [-0.2, -0.15) is 0 Å². The molecule has 0 radical (unpaired) electrons. The average Bonchev–Trinajstić information content (AvgIpc) is 3.11. The minimum Gasteiger partial charge on any atom is -0.506 e. The molecule has 0 fully saturated rings. The molecule has 0 saturated heterocycles. The molecule has 3 heteroatoms. The van der Waals surface area contributed by atoms with Gasteiger partial charge in [-0.1, -0.05) is 72.8 Å². The molecule has 1 N–H and O–H groups in total. The molecule has 0 aliphatic heterocycles. The number of benzene rings is 6. The second-order valence-electron chi connectivity index (χ2n) is 13.4. The Bertz CT molecular complexity index is 2380. The number of phenolic OH excluding ortho intramolecular Hbond substituents is 1. The first-order valence-corrected chi connectivity index (χ1v) is 17.7. The fourth-order valence-corrected chi connectivity index (χ4v) is 8.41. The van der Waals surface area contributed by atoms with E-state index in [-0.39, 0.29) is 5.75 Å². The van der Waals surface area contributed by atoms with Crippen molar-refractivity contribution in [3.8, 4) is 50.3 Å². The molecule has 0 bridgehead atoms. The van der Waals surface area contributed by atoms with Crippen LogP contribution in [0.25, 0.3) is 67.4 Å². The zero-order valence-electron chi connectivity index (χ0n) is 28.8. The summed E-state index contributed by atoms with van der Waals surface area (Å²) >= 11 is 9.70. The molecular weight excluding hydrogens is 621 g/mol. The summed E-state index contributed by atoms with van der Waals surface area (Å²) in [5.74, 6) is 0.176. The van der Waals surface area contributed by atoms with Crippen LogP contribution >= 0.6 is 25.3 Å². The standard InChI is InChI=1S/C45H42OS2/c1-24-25(2)27(4)39(28(5)26(24)3)42-36-19-12-11-18-35(36)40(33-17-13-16-32(22-33)31-14-9-8-10-15-31)37-21-20-34(23-38(37)42)41-43(46)45(48)30(7)29(6)44(41)47/h8-10,13-23,46-48H,11-12H2,1-7H3. The van der Waals surface area contributed by atoms with Crippen LogP contribution in [0.3, 0.4) is 0 Å². The third-order valence-corrected chi connectivity index (χ3v) is 12.1. The highest BCUT2D eigenvalue weighted by Crippen LogP contribution is 2.46. The molecule has 0 atom stereocenters. The second-order valence-corrected chi connectivity index (χ2v) is 14.3. The minimum atomic E-state index is 0.176. The van der Waals surface area contributed by atoms with Crippen molar-refractivity contribution < 1.29 is 5.11 Å². The summed E-state index contributed by atoms with van der Waals surface area (Å²) in [6.45, 7) is 15.4. The van der Waals surface area contributed by atoms with Crippen molar-refractivity contribution in [2.45, 2.75) is 71.1 Å². The van der Waals surface area contributed by atoms with E-state index in [4.69, 9.17) is 25.3 Å². The molecule has 1 aliphatic rings. The number of fused-ring (bicyclic) bond motifs is 2. The lowest BCUT2D eigenvalue weighted by Gasteiger charge is -2.24. The summed E-state index contributed by atoms with van der Waals surface area (Å²) < 4.78 is 0. The predicted octanol–water partition coefficient (Wildman–Crippen LogP) is 11.3. The zero-order valence-corrected chi connectivity index (χ0v) is 30.6. The quantitative estimate of drug-likeness (QED) is 0.161. The molecule has 0 unspecified atom stereocenters. The van der Waals surface area contributed by atoms with Crippen LogP contribution in [-0.2, 0) is 0 Å². The van der Waals surface area contributed by atoms with Crippen molar-refractivity contribution in [2.24, 2.45) is 0 Å². The van der Waals surface area contributed by atoms with Crippen LogP contribution in [-0.4, -0.2) is 5.11 Å². The Kier molecular flexibility index (Phi) is 8.34. The molecule has 1 nitrogen and oxygen atoms in total. The normalized spacial score (nSPS) is 12.5. The van der Waals surface area contributed by atoms with E-state index in [1.165, 1.54) is 82.4 Å². The van der Waals surface area contributed by atoms with Crippen molar-refractivity contribution >= 4 is 48.2 Å². The van der Waals surface area contributed by atoms with E-state index < -0.39 is 0 Å². The van der Waals surface area contributed by atoms with Gasteiger partial charge in [-0.05, 0) is 173 Å². The Morgan fingerprint density at radius 1 is 0.438 bits per heavy atom. The van der Waals surface area contributed by atoms with Gasteiger partial charge in [0.1, 0.15) is 5.75 Å². The highest BCUT2D eigenvalue weighted by molar-refractivity contribution is 7.81. The topological polar surface area (TPSA) is 20.2 Å². The minimum absolute atomic E-state index is 0.176. The second kappa shape index (κ2) is 12.4. The van der Waals surface area contributed by atoms with Crippen LogP contribution in [0.1, 0.15) is 51.8 Å². The Morgan fingerprint density at radius 2 is 0.979 bits per heavy atom. The van der Waals surface area contributed by atoms with E-state index in [2.05, 4.69) is 126 Å². The smallest absolute Gasteiger partial charge is 0.138 e. The van der Waals surface area contributed by atoms with Gasteiger partial charge in [0.05, 0.1) is 0 Å².